The van der Waals surface area contributed by atoms with Crippen molar-refractivity contribution in [2.75, 3.05) is 0 Å². The number of benzene rings is 1. The van der Waals surface area contributed by atoms with Crippen molar-refractivity contribution in [1.29, 1.82) is 0 Å². The van der Waals surface area contributed by atoms with Gasteiger partial charge in [-0.15, -0.1) is 0 Å². The van der Waals surface area contributed by atoms with Gasteiger partial charge in [0.05, 0.1) is 5.97 Å². The molecule has 1 aromatic carbocycles. The van der Waals surface area contributed by atoms with Crippen LogP contribution in [0.25, 0.3) is 0 Å². The van der Waals surface area contributed by atoms with Crippen LogP contribution < -0.4 is 5.11 Å². The molecule has 1 rings (SSSR count). The molecule has 1 aromatic rings. The minimum atomic E-state index is -1.14. The number of hydrogen-bond donors (Lipinski definition) is 1. The summed E-state index contributed by atoms with van der Waals surface area (Å²) in [6.07, 6.45) is 0. The highest BCUT2D eigenvalue weighted by Gasteiger charge is 1.92. The van der Waals surface area contributed by atoms with E-state index < -0.39 is 5.97 Å². The summed E-state index contributed by atoms with van der Waals surface area (Å²) in [6.45, 7) is 0. The zero-order chi connectivity index (χ0) is 8.27. The van der Waals surface area contributed by atoms with Crippen LogP contribution in [-0.2, 0) is 5.75 Å². The minimum absolute atomic E-state index is 0.204. The Morgan fingerprint density at radius 3 is 2.27 bits per heavy atom. The van der Waals surface area contributed by atoms with E-state index in [2.05, 4.69) is 12.6 Å². The maximum Gasteiger partial charge on any atom is 0.0715 e. The van der Waals surface area contributed by atoms with Crippen LogP contribution in [0.2, 0.25) is 0 Å². The number of carboxylic acids is 1. The van der Waals surface area contributed by atoms with Gasteiger partial charge in [0.15, 0.2) is 0 Å². The third-order valence-electron chi connectivity index (χ3n) is 1.37. The molecule has 0 heterocycles. The van der Waals surface area contributed by atoms with E-state index in [4.69, 9.17) is 0 Å². The molecule has 0 aliphatic carbocycles. The van der Waals surface area contributed by atoms with Gasteiger partial charge >= 0.3 is 0 Å². The largest absolute Gasteiger partial charge is 0.545 e. The second kappa shape index (κ2) is 3.44. The van der Waals surface area contributed by atoms with Crippen molar-refractivity contribution in [2.24, 2.45) is 0 Å². The summed E-state index contributed by atoms with van der Waals surface area (Å²) in [7, 11) is 0. The monoisotopic (exact) mass is 167 g/mol. The van der Waals surface area contributed by atoms with E-state index in [1.807, 2.05) is 0 Å². The number of carbonyl (C=O) groups is 1. The average Bonchev–Trinajstić information content (AvgIpc) is 2.05. The summed E-state index contributed by atoms with van der Waals surface area (Å²) in [5.74, 6) is -0.524. The highest BCUT2D eigenvalue weighted by Crippen LogP contribution is 2.05. The van der Waals surface area contributed by atoms with Gasteiger partial charge in [-0.05, 0) is 11.1 Å². The van der Waals surface area contributed by atoms with Gasteiger partial charge in [0.1, 0.15) is 0 Å². The number of rotatable bonds is 2. The third kappa shape index (κ3) is 1.98. The molecule has 11 heavy (non-hydrogen) atoms. The molecule has 0 radical (unpaired) electrons. The first-order chi connectivity index (χ1) is 5.24. The number of hydrogen-bond acceptors (Lipinski definition) is 3. The van der Waals surface area contributed by atoms with Crippen LogP contribution in [0, 0.1) is 0 Å². The summed E-state index contributed by atoms with van der Waals surface area (Å²) in [4.78, 5) is 10.3. The van der Waals surface area contributed by atoms with Crippen molar-refractivity contribution in [2.45, 2.75) is 5.75 Å². The lowest BCUT2D eigenvalue weighted by atomic mass is 10.1. The zero-order valence-corrected chi connectivity index (χ0v) is 6.67. The molecule has 0 spiro atoms. The van der Waals surface area contributed by atoms with Crippen LogP contribution >= 0.6 is 12.6 Å². The van der Waals surface area contributed by atoms with Crippen molar-refractivity contribution in [3.63, 3.8) is 0 Å². The summed E-state index contributed by atoms with van der Waals surface area (Å²) in [6, 6.07) is 6.47. The molecular formula is C8H7O2S-. The van der Waals surface area contributed by atoms with E-state index in [0.29, 0.717) is 5.75 Å². The lowest BCUT2D eigenvalue weighted by Crippen LogP contribution is -2.21. The fourth-order valence-corrected chi connectivity index (χ4v) is 0.957. The Bertz CT molecular complexity index is 253. The summed E-state index contributed by atoms with van der Waals surface area (Å²) in [5.41, 5.74) is 1.20. The average molecular weight is 167 g/mol. The summed E-state index contributed by atoms with van der Waals surface area (Å²) < 4.78 is 0. The van der Waals surface area contributed by atoms with Crippen LogP contribution in [0.5, 0.6) is 0 Å². The maximum atomic E-state index is 10.3. The Morgan fingerprint density at radius 1 is 1.36 bits per heavy atom. The molecule has 0 N–H and O–H groups in total. The Balaban J connectivity index is 2.91. The van der Waals surface area contributed by atoms with E-state index in [1.165, 1.54) is 12.1 Å². The van der Waals surface area contributed by atoms with Gasteiger partial charge in [0.25, 0.3) is 0 Å². The molecule has 3 heteroatoms. The van der Waals surface area contributed by atoms with Crippen molar-refractivity contribution in [3.8, 4) is 0 Å². The van der Waals surface area contributed by atoms with Crippen LogP contribution in [0.4, 0.5) is 0 Å². The standard InChI is InChI=1S/C8H8O2S/c9-8(10)7-3-1-6(5-11)2-4-7/h1-4,11H,5H2,(H,9,10)/p-1. The van der Waals surface area contributed by atoms with Crippen molar-refractivity contribution >= 4 is 18.6 Å². The quantitative estimate of drug-likeness (QED) is 0.651. The van der Waals surface area contributed by atoms with Crippen LogP contribution in [0.15, 0.2) is 24.3 Å². The third-order valence-corrected chi connectivity index (χ3v) is 1.74. The smallest absolute Gasteiger partial charge is 0.0715 e. The Labute approximate surface area is 70.3 Å². The Hall–Kier alpha value is -0.960. The van der Waals surface area contributed by atoms with E-state index in [9.17, 15) is 9.90 Å². The van der Waals surface area contributed by atoms with Gasteiger partial charge in [0, 0.05) is 5.75 Å². The van der Waals surface area contributed by atoms with Crippen LogP contribution in [0.3, 0.4) is 0 Å². The number of carboxylic acid groups (broad SMARTS) is 1. The van der Waals surface area contributed by atoms with E-state index in [-0.39, 0.29) is 5.56 Å². The van der Waals surface area contributed by atoms with Gasteiger partial charge in [-0.25, -0.2) is 0 Å². The van der Waals surface area contributed by atoms with Crippen molar-refractivity contribution < 1.29 is 9.90 Å². The molecule has 0 aromatic heterocycles. The molecule has 0 amide bonds. The first-order valence-corrected chi connectivity index (χ1v) is 3.78. The molecule has 0 aliphatic rings. The van der Waals surface area contributed by atoms with Gasteiger partial charge in [-0.2, -0.15) is 12.6 Å². The zero-order valence-electron chi connectivity index (χ0n) is 5.78. The highest BCUT2D eigenvalue weighted by atomic mass is 32.1. The predicted molar refractivity (Wildman–Crippen MR) is 43.5 cm³/mol. The summed E-state index contributed by atoms with van der Waals surface area (Å²) in [5, 5.41) is 10.3. The number of thiol groups is 1. The van der Waals surface area contributed by atoms with Crippen LogP contribution in [-0.4, -0.2) is 5.97 Å². The lowest BCUT2D eigenvalue weighted by Gasteiger charge is -2.01. The molecule has 0 atom stereocenters. The molecule has 0 saturated carbocycles. The molecule has 0 saturated heterocycles. The predicted octanol–water partition coefficient (Wildman–Crippen LogP) is 0.480. The lowest BCUT2D eigenvalue weighted by molar-refractivity contribution is -0.255. The van der Waals surface area contributed by atoms with Gasteiger partial charge in [-0.1, -0.05) is 24.3 Å². The number of aromatic carboxylic acids is 1. The molecule has 0 fully saturated rings. The molecule has 0 unspecified atom stereocenters. The van der Waals surface area contributed by atoms with Crippen molar-refractivity contribution in [1.82, 2.24) is 0 Å². The molecule has 58 valence electrons. The molecule has 2 nitrogen and oxygen atoms in total. The molecule has 0 bridgehead atoms. The van der Waals surface area contributed by atoms with Crippen LogP contribution in [0.1, 0.15) is 15.9 Å². The van der Waals surface area contributed by atoms with Gasteiger partial charge in [-0.3, -0.25) is 0 Å². The number of carbonyl (C=O) groups excluding carboxylic acids is 1. The first kappa shape index (κ1) is 8.14. The van der Waals surface area contributed by atoms with E-state index in [1.54, 1.807) is 12.1 Å². The fourth-order valence-electron chi connectivity index (χ4n) is 0.746. The second-order valence-electron chi connectivity index (χ2n) is 2.14. The SMILES string of the molecule is O=C([O-])c1ccc(CS)cc1. The van der Waals surface area contributed by atoms with Gasteiger partial charge < -0.3 is 9.90 Å². The maximum absolute atomic E-state index is 10.3. The molecular weight excluding hydrogens is 160 g/mol. The summed E-state index contributed by atoms with van der Waals surface area (Å²) >= 11 is 4.03. The van der Waals surface area contributed by atoms with Crippen molar-refractivity contribution in [3.05, 3.63) is 35.4 Å². The van der Waals surface area contributed by atoms with Gasteiger partial charge in [0.2, 0.25) is 0 Å². The highest BCUT2D eigenvalue weighted by molar-refractivity contribution is 7.79. The Morgan fingerprint density at radius 2 is 1.91 bits per heavy atom. The topological polar surface area (TPSA) is 40.1 Å². The molecule has 0 aliphatic heterocycles. The second-order valence-corrected chi connectivity index (χ2v) is 2.46. The minimum Gasteiger partial charge on any atom is -0.545 e. The van der Waals surface area contributed by atoms with E-state index >= 15 is 0 Å². The first-order valence-electron chi connectivity index (χ1n) is 3.15. The van der Waals surface area contributed by atoms with E-state index in [0.717, 1.165) is 5.56 Å². The normalized spacial score (nSPS) is 9.55. The Kier molecular flexibility index (Phi) is 2.54. The fraction of sp³-hybridized carbons (Fsp3) is 0.125.